The van der Waals surface area contributed by atoms with E-state index in [-0.39, 0.29) is 0 Å². The molecule has 0 bridgehead atoms. The first-order valence-electron chi connectivity index (χ1n) is 5.50. The van der Waals surface area contributed by atoms with Gasteiger partial charge in [-0.05, 0) is 29.9 Å². The van der Waals surface area contributed by atoms with Gasteiger partial charge < -0.3 is 10.4 Å². The van der Waals surface area contributed by atoms with Crippen LogP contribution in [0.2, 0.25) is 0 Å². The zero-order chi connectivity index (χ0) is 11.4. The molecule has 2 atom stereocenters. The van der Waals surface area contributed by atoms with E-state index in [1.807, 2.05) is 36.0 Å². The molecule has 2 nitrogen and oxygen atoms in total. The average molecular weight is 302 g/mol. The number of aliphatic hydroxyl groups is 1. The van der Waals surface area contributed by atoms with Gasteiger partial charge in [-0.2, -0.15) is 11.8 Å². The van der Waals surface area contributed by atoms with Crippen molar-refractivity contribution in [3.8, 4) is 0 Å². The summed E-state index contributed by atoms with van der Waals surface area (Å²) in [5, 5.41) is 13.4. The third-order valence-corrected chi connectivity index (χ3v) is 4.42. The van der Waals surface area contributed by atoms with Gasteiger partial charge >= 0.3 is 0 Å². The molecular weight excluding hydrogens is 286 g/mol. The summed E-state index contributed by atoms with van der Waals surface area (Å²) in [4.78, 5) is 0. The van der Waals surface area contributed by atoms with Crippen molar-refractivity contribution in [3.05, 3.63) is 34.3 Å². The molecule has 0 aromatic heterocycles. The van der Waals surface area contributed by atoms with E-state index in [4.69, 9.17) is 0 Å². The highest BCUT2D eigenvalue weighted by molar-refractivity contribution is 9.10. The number of aliphatic hydroxyl groups excluding tert-OH is 1. The average Bonchev–Trinajstić information content (AvgIpc) is 2.78. The Bertz CT molecular complexity index is 342. The molecule has 0 aliphatic carbocycles. The molecule has 2 unspecified atom stereocenters. The molecule has 1 aliphatic rings. The van der Waals surface area contributed by atoms with Crippen molar-refractivity contribution in [2.24, 2.45) is 0 Å². The van der Waals surface area contributed by atoms with Crippen LogP contribution in [-0.4, -0.2) is 29.2 Å². The molecule has 2 rings (SSSR count). The lowest BCUT2D eigenvalue weighted by Crippen LogP contribution is -2.32. The fourth-order valence-corrected chi connectivity index (χ4v) is 3.41. The van der Waals surface area contributed by atoms with Gasteiger partial charge in [0, 0.05) is 22.8 Å². The first-order chi connectivity index (χ1) is 7.75. The van der Waals surface area contributed by atoms with Crippen LogP contribution < -0.4 is 5.32 Å². The predicted octanol–water partition coefficient (Wildman–Crippen LogP) is 2.58. The van der Waals surface area contributed by atoms with Crippen LogP contribution in [0, 0.1) is 0 Å². The number of hydrogen-bond acceptors (Lipinski definition) is 3. The topological polar surface area (TPSA) is 32.3 Å². The van der Waals surface area contributed by atoms with E-state index in [2.05, 4.69) is 21.2 Å². The van der Waals surface area contributed by atoms with Gasteiger partial charge in [-0.25, -0.2) is 0 Å². The number of thioether (sulfide) groups is 1. The molecule has 1 aromatic carbocycles. The zero-order valence-electron chi connectivity index (χ0n) is 9.03. The minimum absolute atomic E-state index is 0.414. The van der Waals surface area contributed by atoms with E-state index < -0.39 is 6.10 Å². The lowest BCUT2D eigenvalue weighted by atomic mass is 10.1. The van der Waals surface area contributed by atoms with Crippen molar-refractivity contribution < 1.29 is 5.11 Å². The van der Waals surface area contributed by atoms with Crippen LogP contribution in [-0.2, 0) is 0 Å². The van der Waals surface area contributed by atoms with Crippen LogP contribution >= 0.6 is 27.7 Å². The summed E-state index contributed by atoms with van der Waals surface area (Å²) in [6.45, 7) is 0.641. The Labute approximate surface area is 109 Å². The Balaban J connectivity index is 1.85. The van der Waals surface area contributed by atoms with Gasteiger partial charge in [0.05, 0.1) is 6.10 Å². The van der Waals surface area contributed by atoms with Gasteiger partial charge in [0.2, 0.25) is 0 Å². The summed E-state index contributed by atoms with van der Waals surface area (Å²) in [6, 6.07) is 8.42. The zero-order valence-corrected chi connectivity index (χ0v) is 11.4. The Morgan fingerprint density at radius 3 is 3.12 bits per heavy atom. The van der Waals surface area contributed by atoms with Crippen molar-refractivity contribution in [1.82, 2.24) is 5.32 Å². The van der Waals surface area contributed by atoms with Crippen LogP contribution in [0.3, 0.4) is 0 Å². The molecule has 1 heterocycles. The van der Waals surface area contributed by atoms with Crippen molar-refractivity contribution in [1.29, 1.82) is 0 Å². The lowest BCUT2D eigenvalue weighted by Gasteiger charge is -2.16. The van der Waals surface area contributed by atoms with Crippen LogP contribution in [0.4, 0.5) is 0 Å². The molecule has 0 radical (unpaired) electrons. The highest BCUT2D eigenvalue weighted by Crippen LogP contribution is 2.20. The first-order valence-corrected chi connectivity index (χ1v) is 7.45. The molecule has 1 aliphatic heterocycles. The predicted molar refractivity (Wildman–Crippen MR) is 72.8 cm³/mol. The maximum Gasteiger partial charge on any atom is 0.0914 e. The second-order valence-electron chi connectivity index (χ2n) is 4.04. The van der Waals surface area contributed by atoms with Gasteiger partial charge in [-0.1, -0.05) is 28.1 Å². The Hall–Kier alpha value is -0.0300. The van der Waals surface area contributed by atoms with Crippen LogP contribution in [0.1, 0.15) is 18.1 Å². The van der Waals surface area contributed by atoms with Crippen molar-refractivity contribution in [3.63, 3.8) is 0 Å². The van der Waals surface area contributed by atoms with Gasteiger partial charge in [0.15, 0.2) is 0 Å². The van der Waals surface area contributed by atoms with E-state index in [0.717, 1.165) is 10.0 Å². The number of halogens is 1. The fourth-order valence-electron chi connectivity index (χ4n) is 1.81. The van der Waals surface area contributed by atoms with Crippen LogP contribution in [0.15, 0.2) is 28.7 Å². The van der Waals surface area contributed by atoms with Crippen molar-refractivity contribution in [2.75, 3.05) is 18.1 Å². The van der Waals surface area contributed by atoms with E-state index in [1.54, 1.807) is 0 Å². The van der Waals surface area contributed by atoms with Gasteiger partial charge in [-0.15, -0.1) is 0 Å². The number of benzene rings is 1. The molecule has 1 saturated heterocycles. The standard InChI is InChI=1S/C12H16BrNOS/c13-10-3-1-2-9(6-10)12(15)7-14-11-4-5-16-8-11/h1-3,6,11-12,14-15H,4-5,7-8H2. The SMILES string of the molecule is OC(CNC1CCSC1)c1cccc(Br)c1. The minimum Gasteiger partial charge on any atom is -0.387 e. The number of nitrogens with one attached hydrogen (secondary N) is 1. The third-order valence-electron chi connectivity index (χ3n) is 2.76. The lowest BCUT2D eigenvalue weighted by molar-refractivity contribution is 0.171. The molecule has 4 heteroatoms. The monoisotopic (exact) mass is 301 g/mol. The summed E-state index contributed by atoms with van der Waals surface area (Å²) >= 11 is 5.39. The van der Waals surface area contributed by atoms with Crippen molar-refractivity contribution >= 4 is 27.7 Å². The van der Waals surface area contributed by atoms with E-state index in [1.165, 1.54) is 17.9 Å². The molecule has 0 saturated carbocycles. The van der Waals surface area contributed by atoms with Crippen LogP contribution in [0.5, 0.6) is 0 Å². The molecule has 2 N–H and O–H groups in total. The maximum absolute atomic E-state index is 10.0. The Kier molecular flexibility index (Phi) is 4.70. The highest BCUT2D eigenvalue weighted by atomic mass is 79.9. The number of hydrogen-bond donors (Lipinski definition) is 2. The Morgan fingerprint density at radius 1 is 1.56 bits per heavy atom. The molecule has 0 amide bonds. The van der Waals surface area contributed by atoms with Gasteiger partial charge in [0.1, 0.15) is 0 Å². The normalized spacial score (nSPS) is 22.2. The number of rotatable bonds is 4. The largest absolute Gasteiger partial charge is 0.387 e. The molecule has 88 valence electrons. The van der Waals surface area contributed by atoms with E-state index >= 15 is 0 Å². The van der Waals surface area contributed by atoms with Crippen LogP contribution in [0.25, 0.3) is 0 Å². The van der Waals surface area contributed by atoms with Gasteiger partial charge in [0.25, 0.3) is 0 Å². The van der Waals surface area contributed by atoms with Crippen molar-refractivity contribution in [2.45, 2.75) is 18.6 Å². The summed E-state index contributed by atoms with van der Waals surface area (Å²) in [6.07, 6.45) is 0.804. The molecule has 0 spiro atoms. The Morgan fingerprint density at radius 2 is 2.44 bits per heavy atom. The molecular formula is C12H16BrNOS. The summed E-state index contributed by atoms with van der Waals surface area (Å²) in [5.41, 5.74) is 0.965. The smallest absolute Gasteiger partial charge is 0.0914 e. The molecule has 1 fully saturated rings. The summed E-state index contributed by atoms with van der Waals surface area (Å²) in [5.74, 6) is 2.41. The minimum atomic E-state index is -0.414. The third kappa shape index (κ3) is 3.48. The fraction of sp³-hybridized carbons (Fsp3) is 0.500. The first kappa shape index (κ1) is 12.4. The molecule has 1 aromatic rings. The second kappa shape index (κ2) is 6.05. The summed E-state index contributed by atoms with van der Waals surface area (Å²) < 4.78 is 1.01. The second-order valence-corrected chi connectivity index (χ2v) is 6.11. The summed E-state index contributed by atoms with van der Waals surface area (Å²) in [7, 11) is 0. The quantitative estimate of drug-likeness (QED) is 0.896. The van der Waals surface area contributed by atoms with Gasteiger partial charge in [-0.3, -0.25) is 0 Å². The highest BCUT2D eigenvalue weighted by Gasteiger charge is 2.16. The van der Waals surface area contributed by atoms with E-state index in [0.29, 0.717) is 12.6 Å². The van der Waals surface area contributed by atoms with E-state index in [9.17, 15) is 5.11 Å². The molecule has 16 heavy (non-hydrogen) atoms. The maximum atomic E-state index is 10.0.